The smallest absolute Gasteiger partial charge is 0.137 e. The molecule has 0 aromatic carbocycles. The van der Waals surface area contributed by atoms with Gasteiger partial charge in [-0.3, -0.25) is 0 Å². The average molecular weight is 224 g/mol. The number of hydrogen-bond donors (Lipinski definition) is 0. The molecule has 86 valence electrons. The van der Waals surface area contributed by atoms with Crippen molar-refractivity contribution < 1.29 is 0 Å². The lowest BCUT2D eigenvalue weighted by Crippen LogP contribution is -2.33. The van der Waals surface area contributed by atoms with Crippen LogP contribution < -0.4 is 4.90 Å². The van der Waals surface area contributed by atoms with Crippen LogP contribution in [0.1, 0.15) is 25.3 Å². The Balaban J connectivity index is 2.20. The summed E-state index contributed by atoms with van der Waals surface area (Å²) in [5, 5.41) is 0. The minimum Gasteiger partial charge on any atom is -0.324 e. The average Bonchev–Trinajstić information content (AvgIpc) is 2.53. The highest BCUT2D eigenvalue weighted by Crippen LogP contribution is 2.38. The highest BCUT2D eigenvalue weighted by atomic mass is 15.2. The minimum absolute atomic E-state index is 0.360. The van der Waals surface area contributed by atoms with Crippen LogP contribution in [0.5, 0.6) is 0 Å². The highest BCUT2D eigenvalue weighted by molar-refractivity contribution is 5.63. The van der Waals surface area contributed by atoms with Crippen LogP contribution in [-0.4, -0.2) is 11.0 Å². The first-order valence-electron chi connectivity index (χ1n) is 6.08. The lowest BCUT2D eigenvalue weighted by atomic mass is 9.94. The van der Waals surface area contributed by atoms with Gasteiger partial charge in [-0.15, -0.1) is 0 Å². The molecule has 1 atom stereocenters. The summed E-state index contributed by atoms with van der Waals surface area (Å²) in [6.07, 6.45) is 12.8. The second kappa shape index (κ2) is 3.88. The number of hydrogen-bond acceptors (Lipinski definition) is 2. The Morgan fingerprint density at radius 1 is 1.29 bits per heavy atom. The Morgan fingerprint density at radius 2 is 2.18 bits per heavy atom. The number of allylic oxidation sites excluding steroid dienone is 5. The van der Waals surface area contributed by atoms with E-state index >= 15 is 0 Å². The van der Waals surface area contributed by atoms with Crippen LogP contribution in [0, 0.1) is 0 Å². The van der Waals surface area contributed by atoms with Crippen molar-refractivity contribution >= 4 is 5.82 Å². The Bertz CT molecular complexity index is 523. The van der Waals surface area contributed by atoms with Gasteiger partial charge < -0.3 is 4.90 Å². The number of rotatable bonds is 1. The van der Waals surface area contributed by atoms with Crippen LogP contribution in [0.2, 0.25) is 0 Å². The fraction of sp³-hybridized carbons (Fsp3) is 0.267. The summed E-state index contributed by atoms with van der Waals surface area (Å²) in [4.78, 5) is 6.86. The molecule has 1 aliphatic heterocycles. The monoisotopic (exact) mass is 224 g/mol. The van der Waals surface area contributed by atoms with Crippen molar-refractivity contribution in [3.05, 3.63) is 60.0 Å². The number of anilines is 1. The lowest BCUT2D eigenvalue weighted by Gasteiger charge is -2.35. The van der Waals surface area contributed by atoms with E-state index in [9.17, 15) is 0 Å². The highest BCUT2D eigenvalue weighted by Gasteiger charge is 2.26. The van der Waals surface area contributed by atoms with Gasteiger partial charge in [-0.25, -0.2) is 4.98 Å². The molecule has 2 aliphatic rings. The number of pyridine rings is 1. The molecule has 0 radical (unpaired) electrons. The van der Waals surface area contributed by atoms with E-state index < -0.39 is 0 Å². The third-order valence-electron chi connectivity index (χ3n) is 3.25. The summed E-state index contributed by atoms with van der Waals surface area (Å²) in [6, 6.07) is 4.60. The molecule has 0 N–H and O–H groups in total. The van der Waals surface area contributed by atoms with Gasteiger partial charge in [0, 0.05) is 29.4 Å². The van der Waals surface area contributed by atoms with Gasteiger partial charge in [-0.05, 0) is 32.1 Å². The van der Waals surface area contributed by atoms with Gasteiger partial charge in [-0.2, -0.15) is 0 Å². The second-order valence-corrected chi connectivity index (χ2v) is 4.74. The Morgan fingerprint density at radius 3 is 3.00 bits per heavy atom. The second-order valence-electron chi connectivity index (χ2n) is 4.74. The summed E-state index contributed by atoms with van der Waals surface area (Å²) in [6.45, 7) is 4.40. The molecule has 0 amide bonds. The van der Waals surface area contributed by atoms with E-state index in [1.54, 1.807) is 0 Å². The fourth-order valence-corrected chi connectivity index (χ4v) is 2.52. The maximum atomic E-state index is 4.56. The van der Waals surface area contributed by atoms with Crippen LogP contribution in [-0.2, 0) is 0 Å². The van der Waals surface area contributed by atoms with Gasteiger partial charge in [0.05, 0.1) is 0 Å². The van der Waals surface area contributed by atoms with Crippen molar-refractivity contribution in [3.8, 4) is 0 Å². The Hall–Kier alpha value is -1.83. The standard InChI is InChI=1S/C15H16N2/c1-11(2)17-13-7-4-3-6-12(10-13)14-8-5-9-16-15(14)17/h3-12H,1-2H3. The summed E-state index contributed by atoms with van der Waals surface area (Å²) in [7, 11) is 0. The lowest BCUT2D eigenvalue weighted by molar-refractivity contribution is 0.730. The molecule has 0 spiro atoms. The van der Waals surface area contributed by atoms with Crippen LogP contribution in [0.25, 0.3) is 0 Å². The van der Waals surface area contributed by atoms with Gasteiger partial charge in [0.1, 0.15) is 5.82 Å². The minimum atomic E-state index is 0.360. The zero-order valence-electron chi connectivity index (χ0n) is 10.2. The zero-order chi connectivity index (χ0) is 11.8. The molecule has 1 aliphatic carbocycles. The van der Waals surface area contributed by atoms with Gasteiger partial charge in [-0.1, -0.05) is 24.3 Å². The first-order valence-corrected chi connectivity index (χ1v) is 6.08. The SMILES string of the molecule is CC(C)N1C2=CC(C=CC=C2)c2cccnc21. The fourth-order valence-electron chi connectivity index (χ4n) is 2.52. The predicted octanol–water partition coefficient (Wildman–Crippen LogP) is 3.40. The van der Waals surface area contributed by atoms with Crippen LogP contribution in [0.3, 0.4) is 0 Å². The van der Waals surface area contributed by atoms with Crippen LogP contribution in [0.4, 0.5) is 5.82 Å². The van der Waals surface area contributed by atoms with E-state index in [2.05, 4.69) is 60.2 Å². The molecule has 17 heavy (non-hydrogen) atoms. The Kier molecular flexibility index (Phi) is 2.36. The molecular formula is C15H16N2. The number of aromatic nitrogens is 1. The number of nitrogens with zero attached hydrogens (tertiary/aromatic N) is 2. The van der Waals surface area contributed by atoms with E-state index in [1.165, 1.54) is 11.3 Å². The van der Waals surface area contributed by atoms with Crippen LogP contribution >= 0.6 is 0 Å². The molecule has 2 bridgehead atoms. The molecule has 2 nitrogen and oxygen atoms in total. The number of fused-ring (bicyclic) bond motifs is 3. The van der Waals surface area contributed by atoms with E-state index in [0.717, 1.165) is 5.82 Å². The summed E-state index contributed by atoms with van der Waals surface area (Å²) >= 11 is 0. The van der Waals surface area contributed by atoms with Crippen molar-refractivity contribution in [1.29, 1.82) is 0 Å². The Labute approximate surface area is 102 Å². The topological polar surface area (TPSA) is 16.1 Å². The van der Waals surface area contributed by atoms with Gasteiger partial charge in [0.2, 0.25) is 0 Å². The van der Waals surface area contributed by atoms with Gasteiger partial charge in [0.15, 0.2) is 0 Å². The molecule has 3 rings (SSSR count). The molecule has 2 heterocycles. The van der Waals surface area contributed by atoms with Crippen LogP contribution in [0.15, 0.2) is 54.4 Å². The molecule has 1 aromatic heterocycles. The third-order valence-corrected chi connectivity index (χ3v) is 3.25. The molecule has 0 saturated carbocycles. The van der Waals surface area contributed by atoms with Crippen molar-refractivity contribution in [2.45, 2.75) is 25.8 Å². The first kappa shape index (κ1) is 10.3. The largest absolute Gasteiger partial charge is 0.324 e. The van der Waals surface area contributed by atoms with Gasteiger partial charge >= 0.3 is 0 Å². The van der Waals surface area contributed by atoms with E-state index in [0.29, 0.717) is 12.0 Å². The summed E-state index contributed by atoms with van der Waals surface area (Å²) < 4.78 is 0. The van der Waals surface area contributed by atoms with Crippen molar-refractivity contribution in [2.24, 2.45) is 0 Å². The molecule has 1 aromatic rings. The van der Waals surface area contributed by atoms with Gasteiger partial charge in [0.25, 0.3) is 0 Å². The molecule has 1 unspecified atom stereocenters. The quantitative estimate of drug-likeness (QED) is 0.726. The predicted molar refractivity (Wildman–Crippen MR) is 71.0 cm³/mol. The molecular weight excluding hydrogens is 208 g/mol. The summed E-state index contributed by atoms with van der Waals surface area (Å²) in [5.41, 5.74) is 2.55. The van der Waals surface area contributed by atoms with E-state index in [1.807, 2.05) is 12.3 Å². The van der Waals surface area contributed by atoms with Crippen molar-refractivity contribution in [3.63, 3.8) is 0 Å². The van der Waals surface area contributed by atoms with Crippen molar-refractivity contribution in [2.75, 3.05) is 4.90 Å². The third kappa shape index (κ3) is 1.60. The van der Waals surface area contributed by atoms with E-state index in [-0.39, 0.29) is 0 Å². The summed E-state index contributed by atoms with van der Waals surface area (Å²) in [5.74, 6) is 1.46. The molecule has 0 fully saturated rings. The van der Waals surface area contributed by atoms with E-state index in [4.69, 9.17) is 0 Å². The molecule has 2 heteroatoms. The van der Waals surface area contributed by atoms with Crippen molar-refractivity contribution in [1.82, 2.24) is 4.98 Å². The maximum Gasteiger partial charge on any atom is 0.137 e. The molecule has 0 saturated heterocycles. The normalized spacial score (nSPS) is 21.2. The first-order chi connectivity index (χ1) is 8.27. The maximum absolute atomic E-state index is 4.56. The zero-order valence-corrected chi connectivity index (χ0v) is 10.2.